The third kappa shape index (κ3) is 2.95. The van der Waals surface area contributed by atoms with Crippen molar-refractivity contribution in [2.75, 3.05) is 4.72 Å². The van der Waals surface area contributed by atoms with Gasteiger partial charge in [0.2, 0.25) is 0 Å². The molecule has 1 N–H and O–H groups in total. The van der Waals surface area contributed by atoms with Crippen molar-refractivity contribution in [3.05, 3.63) is 84.9 Å². The van der Waals surface area contributed by atoms with Crippen LogP contribution in [0.4, 0.5) is 5.69 Å². The average molecular weight is 401 g/mol. The van der Waals surface area contributed by atoms with Gasteiger partial charge in [-0.25, -0.2) is 8.42 Å². The van der Waals surface area contributed by atoms with Gasteiger partial charge in [-0.3, -0.25) is 4.72 Å². The molecule has 0 aliphatic heterocycles. The molecule has 5 rings (SSSR count). The van der Waals surface area contributed by atoms with E-state index in [0.29, 0.717) is 5.69 Å². The van der Waals surface area contributed by atoms with Gasteiger partial charge < -0.3 is 4.57 Å². The van der Waals surface area contributed by atoms with Crippen LogP contribution in [0.2, 0.25) is 0 Å². The van der Waals surface area contributed by atoms with Crippen LogP contribution in [-0.2, 0) is 16.6 Å². The van der Waals surface area contributed by atoms with E-state index in [1.807, 2.05) is 60.7 Å². The molecule has 0 bridgehead atoms. The molecule has 4 nitrogen and oxygen atoms in total. The quantitative estimate of drug-likeness (QED) is 0.416. The Kier molecular flexibility index (Phi) is 4.07. The van der Waals surface area contributed by atoms with E-state index >= 15 is 0 Å². The maximum atomic E-state index is 13.0. The molecule has 0 saturated carbocycles. The lowest BCUT2D eigenvalue weighted by molar-refractivity contribution is 0.601. The number of aromatic nitrogens is 1. The first-order valence-electron chi connectivity index (χ1n) is 9.59. The highest BCUT2D eigenvalue weighted by molar-refractivity contribution is 7.92. The second-order valence-corrected chi connectivity index (χ2v) is 8.79. The second-order valence-electron chi connectivity index (χ2n) is 7.11. The first-order valence-corrected chi connectivity index (χ1v) is 11.1. The predicted octanol–water partition coefficient (Wildman–Crippen LogP) is 5.77. The summed E-state index contributed by atoms with van der Waals surface area (Å²) in [5, 5.41) is 4.08. The van der Waals surface area contributed by atoms with E-state index in [2.05, 4.69) is 28.3 Å². The number of sulfonamides is 1. The minimum Gasteiger partial charge on any atom is -0.341 e. The molecule has 0 radical (unpaired) electrons. The summed E-state index contributed by atoms with van der Waals surface area (Å²) in [6.07, 6.45) is 0. The standard InChI is InChI=1S/C24H20N2O2S/c1-2-26-23-10-6-5-9-21(23)22-16-19(12-14-24(22)26)25-29(27,28)20-13-11-17-7-3-4-8-18(17)15-20/h3-16,25H,2H2,1H3. The van der Waals surface area contributed by atoms with Gasteiger partial charge in [-0.15, -0.1) is 0 Å². The summed E-state index contributed by atoms with van der Waals surface area (Å²) in [6.45, 7) is 2.97. The Balaban J connectivity index is 1.59. The van der Waals surface area contributed by atoms with E-state index in [1.54, 1.807) is 12.1 Å². The van der Waals surface area contributed by atoms with Crippen LogP contribution in [0.1, 0.15) is 6.92 Å². The maximum absolute atomic E-state index is 13.0. The van der Waals surface area contributed by atoms with Crippen LogP contribution in [0.3, 0.4) is 0 Å². The van der Waals surface area contributed by atoms with Crippen molar-refractivity contribution in [2.45, 2.75) is 18.4 Å². The zero-order valence-electron chi connectivity index (χ0n) is 16.0. The summed E-state index contributed by atoms with van der Waals surface area (Å²) >= 11 is 0. The Morgan fingerprint density at radius 3 is 2.31 bits per heavy atom. The average Bonchev–Trinajstić information content (AvgIpc) is 3.06. The second kappa shape index (κ2) is 6.64. The van der Waals surface area contributed by atoms with Crippen LogP contribution < -0.4 is 4.72 Å². The molecule has 0 saturated heterocycles. The number of aryl methyl sites for hydroxylation is 1. The molecule has 0 unspecified atom stereocenters. The summed E-state index contributed by atoms with van der Waals surface area (Å²) < 4.78 is 31.0. The molecule has 5 heteroatoms. The van der Waals surface area contributed by atoms with Gasteiger partial charge in [0.05, 0.1) is 4.90 Å². The van der Waals surface area contributed by atoms with E-state index in [9.17, 15) is 8.42 Å². The molecule has 5 aromatic rings. The van der Waals surface area contributed by atoms with Crippen molar-refractivity contribution >= 4 is 48.3 Å². The van der Waals surface area contributed by atoms with Crippen LogP contribution in [0.5, 0.6) is 0 Å². The van der Waals surface area contributed by atoms with Gasteiger partial charge in [0, 0.05) is 34.0 Å². The SMILES string of the molecule is CCn1c2ccccc2c2cc(NS(=O)(=O)c3ccc4ccccc4c3)ccc21. The highest BCUT2D eigenvalue weighted by atomic mass is 32.2. The van der Waals surface area contributed by atoms with Crippen LogP contribution in [0.25, 0.3) is 32.6 Å². The fraction of sp³-hybridized carbons (Fsp3) is 0.0833. The summed E-state index contributed by atoms with van der Waals surface area (Å²) in [5.74, 6) is 0. The summed E-state index contributed by atoms with van der Waals surface area (Å²) in [4.78, 5) is 0.257. The molecule has 1 aromatic heterocycles. The van der Waals surface area contributed by atoms with E-state index in [1.165, 1.54) is 0 Å². The van der Waals surface area contributed by atoms with Gasteiger partial charge >= 0.3 is 0 Å². The van der Waals surface area contributed by atoms with Crippen LogP contribution in [0.15, 0.2) is 89.8 Å². The Morgan fingerprint density at radius 1 is 0.759 bits per heavy atom. The molecule has 0 spiro atoms. The number of para-hydroxylation sites is 1. The minimum absolute atomic E-state index is 0.257. The van der Waals surface area contributed by atoms with Gasteiger partial charge in [-0.2, -0.15) is 0 Å². The maximum Gasteiger partial charge on any atom is 0.261 e. The van der Waals surface area contributed by atoms with Crippen molar-refractivity contribution < 1.29 is 8.42 Å². The topological polar surface area (TPSA) is 51.1 Å². The third-order valence-electron chi connectivity index (χ3n) is 5.37. The largest absolute Gasteiger partial charge is 0.341 e. The van der Waals surface area contributed by atoms with Gasteiger partial charge in [0.25, 0.3) is 10.0 Å². The molecule has 4 aromatic carbocycles. The number of fused-ring (bicyclic) bond motifs is 4. The Bertz CT molecular complexity index is 1480. The number of benzene rings is 4. The number of hydrogen-bond acceptors (Lipinski definition) is 2. The van der Waals surface area contributed by atoms with Gasteiger partial charge in [-0.05, 0) is 54.1 Å². The van der Waals surface area contributed by atoms with Crippen molar-refractivity contribution in [1.82, 2.24) is 4.57 Å². The molecule has 0 atom stereocenters. The first-order chi connectivity index (χ1) is 14.1. The lowest BCUT2D eigenvalue weighted by atomic mass is 10.1. The van der Waals surface area contributed by atoms with E-state index in [4.69, 9.17) is 0 Å². The number of nitrogens with zero attached hydrogens (tertiary/aromatic N) is 1. The van der Waals surface area contributed by atoms with E-state index in [0.717, 1.165) is 39.1 Å². The van der Waals surface area contributed by atoms with E-state index in [-0.39, 0.29) is 4.90 Å². The predicted molar refractivity (Wildman–Crippen MR) is 120 cm³/mol. The number of anilines is 1. The number of hydrogen-bond donors (Lipinski definition) is 1. The highest BCUT2D eigenvalue weighted by Gasteiger charge is 2.16. The Morgan fingerprint density at radius 2 is 1.48 bits per heavy atom. The lowest BCUT2D eigenvalue weighted by Gasteiger charge is -2.10. The lowest BCUT2D eigenvalue weighted by Crippen LogP contribution is -2.12. The Hall–Kier alpha value is -3.31. The van der Waals surface area contributed by atoms with Crippen LogP contribution in [-0.4, -0.2) is 13.0 Å². The van der Waals surface area contributed by atoms with Crippen molar-refractivity contribution in [3.63, 3.8) is 0 Å². The zero-order valence-corrected chi connectivity index (χ0v) is 16.8. The fourth-order valence-corrected chi connectivity index (χ4v) is 5.09. The molecule has 0 fully saturated rings. The van der Waals surface area contributed by atoms with Crippen molar-refractivity contribution in [3.8, 4) is 0 Å². The normalized spacial score (nSPS) is 12.0. The number of rotatable bonds is 4. The fourth-order valence-electron chi connectivity index (χ4n) is 4.01. The van der Waals surface area contributed by atoms with Gasteiger partial charge in [-0.1, -0.05) is 48.5 Å². The summed E-state index contributed by atoms with van der Waals surface area (Å²) in [7, 11) is -3.68. The van der Waals surface area contributed by atoms with Crippen LogP contribution >= 0.6 is 0 Å². The highest BCUT2D eigenvalue weighted by Crippen LogP contribution is 2.31. The summed E-state index contributed by atoms with van der Waals surface area (Å²) in [6, 6.07) is 26.9. The van der Waals surface area contributed by atoms with Crippen molar-refractivity contribution in [1.29, 1.82) is 0 Å². The monoisotopic (exact) mass is 400 g/mol. The molecule has 1 heterocycles. The van der Waals surface area contributed by atoms with E-state index < -0.39 is 10.0 Å². The summed E-state index contributed by atoms with van der Waals surface area (Å²) in [5.41, 5.74) is 2.81. The first kappa shape index (κ1) is 17.8. The van der Waals surface area contributed by atoms with Gasteiger partial charge in [0.15, 0.2) is 0 Å². The van der Waals surface area contributed by atoms with Crippen molar-refractivity contribution in [2.24, 2.45) is 0 Å². The third-order valence-corrected chi connectivity index (χ3v) is 6.75. The zero-order chi connectivity index (χ0) is 20.0. The van der Waals surface area contributed by atoms with Gasteiger partial charge in [0.1, 0.15) is 0 Å². The molecular weight excluding hydrogens is 380 g/mol. The molecule has 29 heavy (non-hydrogen) atoms. The molecular formula is C24H20N2O2S. The molecule has 0 aliphatic carbocycles. The number of nitrogens with one attached hydrogen (secondary N) is 1. The molecule has 0 amide bonds. The molecule has 144 valence electrons. The van der Waals surface area contributed by atoms with Crippen LogP contribution in [0, 0.1) is 0 Å². The Labute approximate surface area is 169 Å². The minimum atomic E-state index is -3.68. The molecule has 0 aliphatic rings. The smallest absolute Gasteiger partial charge is 0.261 e.